The lowest BCUT2D eigenvalue weighted by molar-refractivity contribution is 0.147. The number of piperidine rings is 1. The molecule has 2 aliphatic rings. The third kappa shape index (κ3) is 3.21. The van der Waals surface area contributed by atoms with Crippen LogP contribution in [0.1, 0.15) is 51.9 Å². The summed E-state index contributed by atoms with van der Waals surface area (Å²) in [6.45, 7) is 4.89. The van der Waals surface area contributed by atoms with E-state index in [2.05, 4.69) is 24.2 Å². The standard InChI is InChI=1S/C14H28N2/c1-12-7-6-10-15-14(12)11-16(2)13-8-4-3-5-9-13/h12-15H,3-11H2,1-2H3. The maximum atomic E-state index is 3.70. The minimum absolute atomic E-state index is 0.737. The summed E-state index contributed by atoms with van der Waals surface area (Å²) in [5.41, 5.74) is 0. The van der Waals surface area contributed by atoms with E-state index in [1.165, 1.54) is 58.0 Å². The van der Waals surface area contributed by atoms with Gasteiger partial charge in [0.15, 0.2) is 0 Å². The minimum Gasteiger partial charge on any atom is -0.312 e. The highest BCUT2D eigenvalue weighted by Crippen LogP contribution is 2.23. The van der Waals surface area contributed by atoms with Gasteiger partial charge in [-0.05, 0) is 45.2 Å². The van der Waals surface area contributed by atoms with E-state index < -0.39 is 0 Å². The Morgan fingerprint density at radius 1 is 1.06 bits per heavy atom. The molecular weight excluding hydrogens is 196 g/mol. The summed E-state index contributed by atoms with van der Waals surface area (Å²) in [5, 5.41) is 3.70. The van der Waals surface area contributed by atoms with Gasteiger partial charge in [-0.2, -0.15) is 0 Å². The third-order valence-corrected chi connectivity index (χ3v) is 4.61. The highest BCUT2D eigenvalue weighted by molar-refractivity contribution is 4.83. The van der Waals surface area contributed by atoms with E-state index in [4.69, 9.17) is 0 Å². The van der Waals surface area contributed by atoms with Crippen LogP contribution in [0.2, 0.25) is 0 Å². The second kappa shape index (κ2) is 6.02. The summed E-state index contributed by atoms with van der Waals surface area (Å²) in [7, 11) is 2.33. The summed E-state index contributed by atoms with van der Waals surface area (Å²) in [6.07, 6.45) is 9.99. The van der Waals surface area contributed by atoms with Gasteiger partial charge in [0.2, 0.25) is 0 Å². The summed E-state index contributed by atoms with van der Waals surface area (Å²) < 4.78 is 0. The van der Waals surface area contributed by atoms with Crippen molar-refractivity contribution in [3.8, 4) is 0 Å². The van der Waals surface area contributed by atoms with E-state index in [1.54, 1.807) is 0 Å². The number of hydrogen-bond acceptors (Lipinski definition) is 2. The molecule has 2 heteroatoms. The molecule has 1 N–H and O–H groups in total. The Balaban J connectivity index is 1.78. The maximum absolute atomic E-state index is 3.70. The van der Waals surface area contributed by atoms with E-state index >= 15 is 0 Å². The SMILES string of the molecule is CC1CCCNC1CN(C)C1CCCCC1. The molecule has 0 aromatic heterocycles. The van der Waals surface area contributed by atoms with Crippen LogP contribution in [-0.2, 0) is 0 Å². The van der Waals surface area contributed by atoms with Crippen LogP contribution in [0.25, 0.3) is 0 Å². The predicted molar refractivity (Wildman–Crippen MR) is 69.7 cm³/mol. The van der Waals surface area contributed by atoms with Crippen molar-refractivity contribution in [2.75, 3.05) is 20.1 Å². The molecule has 0 radical (unpaired) electrons. The minimum atomic E-state index is 0.737. The molecule has 1 aliphatic heterocycles. The van der Waals surface area contributed by atoms with Crippen LogP contribution in [0.3, 0.4) is 0 Å². The smallest absolute Gasteiger partial charge is 0.0220 e. The first kappa shape index (κ1) is 12.4. The van der Waals surface area contributed by atoms with Gasteiger partial charge in [-0.15, -0.1) is 0 Å². The number of hydrogen-bond donors (Lipinski definition) is 1. The van der Waals surface area contributed by atoms with Crippen molar-refractivity contribution < 1.29 is 0 Å². The molecule has 2 unspecified atom stereocenters. The van der Waals surface area contributed by atoms with Crippen LogP contribution in [0.15, 0.2) is 0 Å². The zero-order chi connectivity index (χ0) is 11.4. The van der Waals surface area contributed by atoms with Crippen molar-refractivity contribution in [1.82, 2.24) is 10.2 Å². The Hall–Kier alpha value is -0.0800. The molecule has 1 aliphatic carbocycles. The lowest BCUT2D eigenvalue weighted by atomic mass is 9.90. The molecule has 1 heterocycles. The van der Waals surface area contributed by atoms with Crippen molar-refractivity contribution in [2.24, 2.45) is 5.92 Å². The summed E-state index contributed by atoms with van der Waals surface area (Å²) in [5.74, 6) is 0.861. The Morgan fingerprint density at radius 3 is 2.50 bits per heavy atom. The van der Waals surface area contributed by atoms with Gasteiger partial charge in [-0.3, -0.25) is 0 Å². The average molecular weight is 224 g/mol. The van der Waals surface area contributed by atoms with Crippen molar-refractivity contribution in [3.05, 3.63) is 0 Å². The van der Waals surface area contributed by atoms with Gasteiger partial charge >= 0.3 is 0 Å². The topological polar surface area (TPSA) is 15.3 Å². The molecule has 0 amide bonds. The molecule has 2 fully saturated rings. The van der Waals surface area contributed by atoms with Gasteiger partial charge < -0.3 is 10.2 Å². The second-order valence-corrected chi connectivity index (χ2v) is 5.91. The van der Waals surface area contributed by atoms with Crippen molar-refractivity contribution >= 4 is 0 Å². The summed E-state index contributed by atoms with van der Waals surface area (Å²) >= 11 is 0. The van der Waals surface area contributed by atoms with Crippen molar-refractivity contribution in [1.29, 1.82) is 0 Å². The molecule has 2 atom stereocenters. The van der Waals surface area contributed by atoms with E-state index in [-0.39, 0.29) is 0 Å². The first-order chi connectivity index (χ1) is 7.77. The summed E-state index contributed by atoms with van der Waals surface area (Å²) in [6, 6.07) is 1.60. The Bertz CT molecular complexity index is 199. The fraction of sp³-hybridized carbons (Fsp3) is 1.00. The first-order valence-electron chi connectivity index (χ1n) is 7.21. The maximum Gasteiger partial charge on any atom is 0.0220 e. The van der Waals surface area contributed by atoms with Gasteiger partial charge in [-0.1, -0.05) is 26.2 Å². The molecule has 0 spiro atoms. The van der Waals surface area contributed by atoms with Gasteiger partial charge in [0, 0.05) is 18.6 Å². The summed E-state index contributed by atoms with van der Waals surface area (Å²) in [4.78, 5) is 2.62. The van der Waals surface area contributed by atoms with Crippen molar-refractivity contribution in [3.63, 3.8) is 0 Å². The molecule has 16 heavy (non-hydrogen) atoms. The monoisotopic (exact) mass is 224 g/mol. The molecular formula is C14H28N2. The lowest BCUT2D eigenvalue weighted by Gasteiger charge is -2.37. The molecule has 94 valence electrons. The largest absolute Gasteiger partial charge is 0.312 e. The molecule has 1 saturated carbocycles. The first-order valence-corrected chi connectivity index (χ1v) is 7.21. The molecule has 2 rings (SSSR count). The van der Waals surface area contributed by atoms with E-state index in [1.807, 2.05) is 0 Å². The number of nitrogens with one attached hydrogen (secondary N) is 1. The zero-order valence-corrected chi connectivity index (χ0v) is 11.0. The van der Waals surface area contributed by atoms with E-state index in [0.717, 1.165) is 18.0 Å². The number of rotatable bonds is 3. The van der Waals surface area contributed by atoms with Crippen LogP contribution in [0.5, 0.6) is 0 Å². The molecule has 2 nitrogen and oxygen atoms in total. The lowest BCUT2D eigenvalue weighted by Crippen LogP contribution is -2.49. The van der Waals surface area contributed by atoms with Gasteiger partial charge in [0.25, 0.3) is 0 Å². The Morgan fingerprint density at radius 2 is 1.81 bits per heavy atom. The highest BCUT2D eigenvalue weighted by atomic mass is 15.2. The number of likely N-dealkylation sites (N-methyl/N-ethyl adjacent to an activating group) is 1. The predicted octanol–water partition coefficient (Wildman–Crippen LogP) is 2.64. The van der Waals surface area contributed by atoms with Crippen LogP contribution in [0.4, 0.5) is 0 Å². The number of nitrogens with zero attached hydrogens (tertiary/aromatic N) is 1. The van der Waals surface area contributed by atoms with Crippen LogP contribution >= 0.6 is 0 Å². The van der Waals surface area contributed by atoms with Gasteiger partial charge in [-0.25, -0.2) is 0 Å². The van der Waals surface area contributed by atoms with E-state index in [0.29, 0.717) is 0 Å². The average Bonchev–Trinajstić information content (AvgIpc) is 2.33. The Labute approximate surface area is 101 Å². The fourth-order valence-corrected chi connectivity index (χ4v) is 3.34. The normalized spacial score (nSPS) is 33.2. The molecule has 0 aromatic carbocycles. The fourth-order valence-electron chi connectivity index (χ4n) is 3.34. The van der Waals surface area contributed by atoms with Gasteiger partial charge in [0.05, 0.1) is 0 Å². The highest BCUT2D eigenvalue weighted by Gasteiger charge is 2.25. The van der Waals surface area contributed by atoms with Crippen molar-refractivity contribution in [2.45, 2.75) is 64.0 Å². The van der Waals surface area contributed by atoms with Crippen LogP contribution < -0.4 is 5.32 Å². The Kier molecular flexibility index (Phi) is 4.66. The molecule has 1 saturated heterocycles. The van der Waals surface area contributed by atoms with Crippen LogP contribution in [0, 0.1) is 5.92 Å². The second-order valence-electron chi connectivity index (χ2n) is 5.91. The third-order valence-electron chi connectivity index (χ3n) is 4.61. The van der Waals surface area contributed by atoms with Crippen LogP contribution in [-0.4, -0.2) is 37.1 Å². The molecule has 0 bridgehead atoms. The quantitative estimate of drug-likeness (QED) is 0.793. The van der Waals surface area contributed by atoms with Gasteiger partial charge in [0.1, 0.15) is 0 Å². The van der Waals surface area contributed by atoms with E-state index in [9.17, 15) is 0 Å². The molecule has 0 aromatic rings. The zero-order valence-electron chi connectivity index (χ0n) is 11.0.